The molecule has 0 amide bonds. The van der Waals surface area contributed by atoms with Crippen molar-refractivity contribution in [1.29, 1.82) is 5.26 Å². The van der Waals surface area contributed by atoms with Crippen molar-refractivity contribution in [1.82, 2.24) is 4.98 Å². The third kappa shape index (κ3) is 4.71. The van der Waals surface area contributed by atoms with Crippen LogP contribution in [0.4, 0.5) is 13.2 Å². The van der Waals surface area contributed by atoms with Crippen LogP contribution in [0.2, 0.25) is 0 Å². The Morgan fingerprint density at radius 2 is 1.90 bits per heavy atom. The maximum Gasteiger partial charge on any atom is 0.387 e. The molecule has 3 aromatic rings. The summed E-state index contributed by atoms with van der Waals surface area (Å²) in [6, 6.07) is 15.1. The van der Waals surface area contributed by atoms with Gasteiger partial charge in [0.1, 0.15) is 29.9 Å². The van der Waals surface area contributed by atoms with Crippen molar-refractivity contribution < 1.29 is 27.4 Å². The summed E-state index contributed by atoms with van der Waals surface area (Å²) < 4.78 is 49.7. The van der Waals surface area contributed by atoms with E-state index in [4.69, 9.17) is 10.00 Å². The van der Waals surface area contributed by atoms with E-state index >= 15 is 0 Å². The van der Waals surface area contributed by atoms with Crippen LogP contribution in [0.15, 0.2) is 60.8 Å². The van der Waals surface area contributed by atoms with Gasteiger partial charge in [-0.25, -0.2) is 14.2 Å². The topological polar surface area (TPSA) is 72.2 Å². The van der Waals surface area contributed by atoms with E-state index in [2.05, 4.69) is 9.72 Å². The number of carbonyl (C=O) groups is 1. The Hall–Kier alpha value is -3.86. The number of aromatic nitrogens is 1. The molecule has 0 saturated carbocycles. The predicted octanol–water partition coefficient (Wildman–Crippen LogP) is 4.72. The molecule has 0 radical (unpaired) electrons. The molecule has 3 rings (SSSR count). The second-order valence-corrected chi connectivity index (χ2v) is 5.78. The number of rotatable bonds is 6. The maximum atomic E-state index is 14.5. The minimum atomic E-state index is -3.21. The zero-order chi connectivity index (χ0) is 20.8. The summed E-state index contributed by atoms with van der Waals surface area (Å²) in [5.41, 5.74) is -0.131. The van der Waals surface area contributed by atoms with Gasteiger partial charge in [-0.3, -0.25) is 0 Å². The van der Waals surface area contributed by atoms with Gasteiger partial charge in [0.15, 0.2) is 0 Å². The van der Waals surface area contributed by atoms with Crippen molar-refractivity contribution in [2.24, 2.45) is 0 Å². The van der Waals surface area contributed by atoms with E-state index in [1.54, 1.807) is 36.4 Å². The van der Waals surface area contributed by atoms with Crippen molar-refractivity contribution in [2.75, 3.05) is 0 Å². The Morgan fingerprint density at radius 1 is 1.14 bits per heavy atom. The van der Waals surface area contributed by atoms with Gasteiger partial charge in [0.05, 0.1) is 11.1 Å². The number of carbonyl (C=O) groups excluding carboxylic acids is 1. The van der Waals surface area contributed by atoms with Crippen LogP contribution in [-0.4, -0.2) is 17.6 Å². The molecule has 0 atom stereocenters. The van der Waals surface area contributed by atoms with Gasteiger partial charge in [-0.05, 0) is 23.8 Å². The summed E-state index contributed by atoms with van der Waals surface area (Å²) in [6.07, 6.45) is 1.04. The Labute approximate surface area is 164 Å². The molecule has 5 nitrogen and oxygen atoms in total. The average molecular weight is 398 g/mol. The lowest BCUT2D eigenvalue weighted by molar-refractivity contribution is -0.0495. The van der Waals surface area contributed by atoms with Crippen molar-refractivity contribution in [3.05, 3.63) is 83.4 Å². The molecular formula is C21H13F3N2O3. The first kappa shape index (κ1) is 19.9. The fourth-order valence-electron chi connectivity index (χ4n) is 2.65. The number of nitrogens with zero attached hydrogens (tertiary/aromatic N) is 2. The number of ether oxygens (including phenoxy) is 2. The molecule has 29 heavy (non-hydrogen) atoms. The normalized spacial score (nSPS) is 10.4. The fraction of sp³-hybridized carbons (Fsp3) is 0.0952. The third-order valence-electron chi connectivity index (χ3n) is 3.91. The molecule has 1 heterocycles. The summed E-state index contributed by atoms with van der Waals surface area (Å²) in [7, 11) is 0. The fourth-order valence-corrected chi connectivity index (χ4v) is 2.65. The zero-order valence-electron chi connectivity index (χ0n) is 14.8. The number of alkyl halides is 2. The summed E-state index contributed by atoms with van der Waals surface area (Å²) in [5.74, 6) is -2.24. The highest BCUT2D eigenvalue weighted by molar-refractivity contribution is 5.98. The molecule has 0 aliphatic carbocycles. The van der Waals surface area contributed by atoms with Gasteiger partial charge in [-0.1, -0.05) is 36.4 Å². The smallest absolute Gasteiger partial charge is 0.387 e. The zero-order valence-corrected chi connectivity index (χ0v) is 14.8. The molecule has 1 aromatic heterocycles. The lowest BCUT2D eigenvalue weighted by atomic mass is 9.99. The van der Waals surface area contributed by atoms with Gasteiger partial charge in [-0.2, -0.15) is 14.0 Å². The van der Waals surface area contributed by atoms with Crippen molar-refractivity contribution in [2.45, 2.75) is 13.2 Å². The van der Waals surface area contributed by atoms with E-state index < -0.39 is 29.7 Å². The van der Waals surface area contributed by atoms with Crippen LogP contribution in [-0.2, 0) is 11.3 Å². The molecule has 146 valence electrons. The first-order valence-corrected chi connectivity index (χ1v) is 8.34. The highest BCUT2D eigenvalue weighted by Gasteiger charge is 2.23. The molecule has 0 N–H and O–H groups in total. The molecule has 0 fully saturated rings. The standard InChI is InChI=1S/C21H13F3N2O3/c22-17-7-4-8-18(29-21(23)24)19(17)15-9-14(10-25)26-11-16(15)20(27)28-12-13-5-2-1-3-6-13/h1-9,11,21H,12H2. The largest absolute Gasteiger partial charge is 0.457 e. The highest BCUT2D eigenvalue weighted by Crippen LogP contribution is 2.36. The number of benzene rings is 2. The quantitative estimate of drug-likeness (QED) is 0.562. The highest BCUT2D eigenvalue weighted by atomic mass is 19.3. The Morgan fingerprint density at radius 3 is 2.59 bits per heavy atom. The molecule has 0 saturated heterocycles. The van der Waals surface area contributed by atoms with Crippen LogP contribution in [0.5, 0.6) is 5.75 Å². The van der Waals surface area contributed by atoms with Gasteiger partial charge < -0.3 is 9.47 Å². The lowest BCUT2D eigenvalue weighted by Crippen LogP contribution is -2.10. The minimum absolute atomic E-state index is 0.0588. The van der Waals surface area contributed by atoms with Crippen molar-refractivity contribution >= 4 is 5.97 Å². The number of pyridine rings is 1. The summed E-state index contributed by atoms with van der Waals surface area (Å²) >= 11 is 0. The minimum Gasteiger partial charge on any atom is -0.457 e. The summed E-state index contributed by atoms with van der Waals surface area (Å²) in [5, 5.41) is 9.10. The predicted molar refractivity (Wildman–Crippen MR) is 96.5 cm³/mol. The van der Waals surface area contributed by atoms with Gasteiger partial charge >= 0.3 is 12.6 Å². The molecule has 0 unspecified atom stereocenters. The van der Waals surface area contributed by atoms with Gasteiger partial charge in [-0.15, -0.1) is 0 Å². The molecule has 2 aromatic carbocycles. The summed E-state index contributed by atoms with van der Waals surface area (Å²) in [4.78, 5) is 16.4. The van der Waals surface area contributed by atoms with Crippen LogP contribution in [0.1, 0.15) is 21.6 Å². The second-order valence-electron chi connectivity index (χ2n) is 5.78. The van der Waals surface area contributed by atoms with Gasteiger partial charge in [0.25, 0.3) is 0 Å². The number of hydrogen-bond acceptors (Lipinski definition) is 5. The van der Waals surface area contributed by atoms with E-state index in [-0.39, 0.29) is 23.4 Å². The number of hydrogen-bond donors (Lipinski definition) is 0. The number of esters is 1. The Bertz CT molecular complexity index is 1070. The lowest BCUT2D eigenvalue weighted by Gasteiger charge is -2.15. The Balaban J connectivity index is 2.03. The molecule has 8 heteroatoms. The average Bonchev–Trinajstić information content (AvgIpc) is 2.72. The second kappa shape index (κ2) is 8.89. The van der Waals surface area contributed by atoms with E-state index in [1.165, 1.54) is 6.07 Å². The van der Waals surface area contributed by atoms with Crippen LogP contribution >= 0.6 is 0 Å². The van der Waals surface area contributed by atoms with Gasteiger partial charge in [0.2, 0.25) is 0 Å². The Kier molecular flexibility index (Phi) is 6.09. The third-order valence-corrected chi connectivity index (χ3v) is 3.91. The number of halogens is 3. The molecule has 0 spiro atoms. The van der Waals surface area contributed by atoms with Crippen LogP contribution in [0.3, 0.4) is 0 Å². The first-order chi connectivity index (χ1) is 14.0. The van der Waals surface area contributed by atoms with E-state index in [1.807, 2.05) is 0 Å². The van der Waals surface area contributed by atoms with Crippen LogP contribution in [0.25, 0.3) is 11.1 Å². The van der Waals surface area contributed by atoms with Crippen LogP contribution in [0, 0.1) is 17.1 Å². The summed E-state index contributed by atoms with van der Waals surface area (Å²) in [6.45, 7) is -3.27. The van der Waals surface area contributed by atoms with E-state index in [0.29, 0.717) is 0 Å². The van der Waals surface area contributed by atoms with E-state index in [9.17, 15) is 18.0 Å². The van der Waals surface area contributed by atoms with Crippen molar-refractivity contribution in [3.63, 3.8) is 0 Å². The molecule has 0 aliphatic heterocycles. The van der Waals surface area contributed by atoms with E-state index in [0.717, 1.165) is 30.0 Å². The monoisotopic (exact) mass is 398 g/mol. The first-order valence-electron chi connectivity index (χ1n) is 8.34. The SMILES string of the molecule is N#Cc1cc(-c2c(F)cccc2OC(F)F)c(C(=O)OCc2ccccc2)cn1. The number of nitriles is 1. The van der Waals surface area contributed by atoms with Crippen LogP contribution < -0.4 is 4.74 Å². The maximum absolute atomic E-state index is 14.5. The van der Waals surface area contributed by atoms with Crippen molar-refractivity contribution in [3.8, 4) is 22.9 Å². The molecule has 0 bridgehead atoms. The van der Waals surface area contributed by atoms with Gasteiger partial charge in [0, 0.05) is 11.8 Å². The molecular weight excluding hydrogens is 385 g/mol. The molecule has 0 aliphatic rings.